The van der Waals surface area contributed by atoms with E-state index in [4.69, 9.17) is 4.74 Å². The summed E-state index contributed by atoms with van der Waals surface area (Å²) in [6, 6.07) is 0.275. The molecule has 3 N–H and O–H groups in total. The molecular weight excluding hydrogens is 246 g/mol. The Hall–Kier alpha value is -1.63. The summed E-state index contributed by atoms with van der Waals surface area (Å²) in [5, 5.41) is 15.3. The molecule has 1 unspecified atom stereocenters. The van der Waals surface area contributed by atoms with Gasteiger partial charge in [-0.15, -0.1) is 0 Å². The zero-order valence-corrected chi connectivity index (χ0v) is 12.0. The van der Waals surface area contributed by atoms with Crippen molar-refractivity contribution < 1.29 is 9.84 Å². The van der Waals surface area contributed by atoms with Crippen molar-refractivity contribution in [3.8, 4) is 6.01 Å². The molecule has 0 aliphatic rings. The van der Waals surface area contributed by atoms with Crippen molar-refractivity contribution in [3.05, 3.63) is 0 Å². The third kappa shape index (κ3) is 6.19. The van der Waals surface area contributed by atoms with Crippen LogP contribution in [0.15, 0.2) is 0 Å². The van der Waals surface area contributed by atoms with Crippen molar-refractivity contribution in [2.75, 3.05) is 23.7 Å². The maximum atomic E-state index is 9.26. The van der Waals surface area contributed by atoms with Crippen LogP contribution in [0.2, 0.25) is 0 Å². The molecule has 0 spiro atoms. The Bertz CT molecular complexity index is 384. The standard InChI is InChI=1S/C12H23N5O2/c1-5-6-13-10-15-11(14-7-9(4)18)17-12(16-10)19-8(2)3/h8-9,18H,5-7H2,1-4H3,(H2,13,14,15,16,17). The number of ether oxygens (including phenoxy) is 1. The largest absolute Gasteiger partial charge is 0.461 e. The fourth-order valence-electron chi connectivity index (χ4n) is 1.25. The normalized spacial score (nSPS) is 12.3. The minimum atomic E-state index is -0.474. The molecule has 7 nitrogen and oxygen atoms in total. The van der Waals surface area contributed by atoms with Gasteiger partial charge in [0.15, 0.2) is 0 Å². The van der Waals surface area contributed by atoms with E-state index >= 15 is 0 Å². The van der Waals surface area contributed by atoms with E-state index in [1.54, 1.807) is 6.92 Å². The summed E-state index contributed by atoms with van der Waals surface area (Å²) >= 11 is 0. The van der Waals surface area contributed by atoms with Gasteiger partial charge < -0.3 is 20.5 Å². The van der Waals surface area contributed by atoms with Crippen molar-refractivity contribution in [1.82, 2.24) is 15.0 Å². The van der Waals surface area contributed by atoms with E-state index in [0.29, 0.717) is 18.4 Å². The molecule has 1 aromatic rings. The summed E-state index contributed by atoms with van der Waals surface area (Å²) in [7, 11) is 0. The van der Waals surface area contributed by atoms with Crippen LogP contribution < -0.4 is 15.4 Å². The van der Waals surface area contributed by atoms with Crippen LogP contribution in [0.3, 0.4) is 0 Å². The zero-order valence-electron chi connectivity index (χ0n) is 12.0. The summed E-state index contributed by atoms with van der Waals surface area (Å²) in [4.78, 5) is 12.5. The molecule has 0 amide bonds. The van der Waals surface area contributed by atoms with E-state index in [9.17, 15) is 5.11 Å². The Balaban J connectivity index is 2.81. The highest BCUT2D eigenvalue weighted by Crippen LogP contribution is 2.12. The number of nitrogens with one attached hydrogen (secondary N) is 2. The van der Waals surface area contributed by atoms with Gasteiger partial charge in [0, 0.05) is 13.1 Å². The number of rotatable bonds is 8. The first-order chi connectivity index (χ1) is 9.01. The van der Waals surface area contributed by atoms with Crippen LogP contribution in [-0.4, -0.2) is 45.4 Å². The maximum absolute atomic E-state index is 9.26. The molecule has 7 heteroatoms. The predicted molar refractivity (Wildman–Crippen MR) is 74.5 cm³/mol. The predicted octanol–water partition coefficient (Wildman–Crippen LogP) is 1.27. The van der Waals surface area contributed by atoms with Gasteiger partial charge in [0.25, 0.3) is 0 Å². The molecule has 0 bridgehead atoms. The topological polar surface area (TPSA) is 92.2 Å². The second-order valence-corrected chi connectivity index (χ2v) is 4.59. The zero-order chi connectivity index (χ0) is 14.3. The minimum absolute atomic E-state index is 0.00830. The summed E-state index contributed by atoms with van der Waals surface area (Å²) < 4.78 is 5.48. The summed E-state index contributed by atoms with van der Waals surface area (Å²) in [5.41, 5.74) is 0. The number of aromatic nitrogens is 3. The van der Waals surface area contributed by atoms with Gasteiger partial charge in [-0.25, -0.2) is 0 Å². The average Bonchev–Trinajstić information content (AvgIpc) is 2.33. The number of anilines is 2. The van der Waals surface area contributed by atoms with Gasteiger partial charge in [-0.1, -0.05) is 6.92 Å². The van der Waals surface area contributed by atoms with Gasteiger partial charge in [0.05, 0.1) is 12.2 Å². The summed E-state index contributed by atoms with van der Waals surface area (Å²) in [5.74, 6) is 0.866. The van der Waals surface area contributed by atoms with Crippen LogP contribution in [0.1, 0.15) is 34.1 Å². The molecule has 108 valence electrons. The molecule has 0 fully saturated rings. The Morgan fingerprint density at radius 1 is 1.11 bits per heavy atom. The van der Waals surface area contributed by atoms with Crippen LogP contribution >= 0.6 is 0 Å². The lowest BCUT2D eigenvalue weighted by molar-refractivity contribution is 0.207. The minimum Gasteiger partial charge on any atom is -0.461 e. The van der Waals surface area contributed by atoms with E-state index in [1.165, 1.54) is 0 Å². The fraction of sp³-hybridized carbons (Fsp3) is 0.750. The third-order valence-corrected chi connectivity index (χ3v) is 2.04. The molecule has 19 heavy (non-hydrogen) atoms. The molecule has 1 heterocycles. The van der Waals surface area contributed by atoms with Crippen molar-refractivity contribution in [3.63, 3.8) is 0 Å². The Kier molecular flexibility index (Phi) is 6.27. The number of hydrogen-bond acceptors (Lipinski definition) is 7. The smallest absolute Gasteiger partial charge is 0.323 e. The Morgan fingerprint density at radius 3 is 2.26 bits per heavy atom. The Morgan fingerprint density at radius 2 is 1.74 bits per heavy atom. The van der Waals surface area contributed by atoms with Gasteiger partial charge in [0.2, 0.25) is 11.9 Å². The number of hydrogen-bond donors (Lipinski definition) is 3. The number of aliphatic hydroxyl groups is 1. The second-order valence-electron chi connectivity index (χ2n) is 4.59. The van der Waals surface area contributed by atoms with E-state index < -0.39 is 6.10 Å². The van der Waals surface area contributed by atoms with Gasteiger partial charge >= 0.3 is 6.01 Å². The highest BCUT2D eigenvalue weighted by atomic mass is 16.5. The van der Waals surface area contributed by atoms with Crippen molar-refractivity contribution in [2.45, 2.75) is 46.3 Å². The second kappa shape index (κ2) is 7.73. The first-order valence-electron chi connectivity index (χ1n) is 6.59. The Labute approximate surface area is 113 Å². The lowest BCUT2D eigenvalue weighted by Crippen LogP contribution is -2.19. The molecule has 0 aliphatic heterocycles. The van der Waals surface area contributed by atoms with Crippen LogP contribution in [0.5, 0.6) is 6.01 Å². The first kappa shape index (κ1) is 15.4. The molecule has 1 aromatic heterocycles. The molecular formula is C12H23N5O2. The summed E-state index contributed by atoms with van der Waals surface area (Å²) in [6.45, 7) is 8.72. The molecule has 0 aliphatic carbocycles. The first-order valence-corrected chi connectivity index (χ1v) is 6.59. The van der Waals surface area contributed by atoms with Crippen molar-refractivity contribution in [2.24, 2.45) is 0 Å². The van der Waals surface area contributed by atoms with Crippen LogP contribution in [0, 0.1) is 0 Å². The van der Waals surface area contributed by atoms with Gasteiger partial charge in [-0.3, -0.25) is 0 Å². The maximum Gasteiger partial charge on any atom is 0.323 e. The van der Waals surface area contributed by atoms with Gasteiger partial charge in [0.1, 0.15) is 0 Å². The molecule has 1 atom stereocenters. The summed E-state index contributed by atoms with van der Waals surface area (Å²) in [6.07, 6.45) is 0.493. The quantitative estimate of drug-likeness (QED) is 0.654. The SMILES string of the molecule is CCCNc1nc(NCC(C)O)nc(OC(C)C)n1. The highest BCUT2D eigenvalue weighted by Gasteiger charge is 2.09. The fourth-order valence-corrected chi connectivity index (χ4v) is 1.25. The monoisotopic (exact) mass is 269 g/mol. The lowest BCUT2D eigenvalue weighted by Gasteiger charge is -2.12. The van der Waals surface area contributed by atoms with Crippen LogP contribution in [-0.2, 0) is 0 Å². The van der Waals surface area contributed by atoms with E-state index in [1.807, 2.05) is 13.8 Å². The van der Waals surface area contributed by atoms with E-state index in [0.717, 1.165) is 13.0 Å². The third-order valence-electron chi connectivity index (χ3n) is 2.04. The van der Waals surface area contributed by atoms with E-state index in [-0.39, 0.29) is 12.1 Å². The number of nitrogens with zero attached hydrogens (tertiary/aromatic N) is 3. The molecule has 0 saturated carbocycles. The number of aliphatic hydroxyl groups excluding tert-OH is 1. The van der Waals surface area contributed by atoms with Gasteiger partial charge in [-0.05, 0) is 27.2 Å². The molecule has 1 rings (SSSR count). The van der Waals surface area contributed by atoms with E-state index in [2.05, 4.69) is 32.5 Å². The van der Waals surface area contributed by atoms with Gasteiger partial charge in [-0.2, -0.15) is 15.0 Å². The van der Waals surface area contributed by atoms with Crippen molar-refractivity contribution >= 4 is 11.9 Å². The van der Waals surface area contributed by atoms with Crippen LogP contribution in [0.25, 0.3) is 0 Å². The lowest BCUT2D eigenvalue weighted by atomic mass is 10.4. The van der Waals surface area contributed by atoms with Crippen molar-refractivity contribution in [1.29, 1.82) is 0 Å². The van der Waals surface area contributed by atoms with Crippen LogP contribution in [0.4, 0.5) is 11.9 Å². The molecule has 0 radical (unpaired) electrons. The highest BCUT2D eigenvalue weighted by molar-refractivity contribution is 5.35. The molecule has 0 saturated heterocycles. The average molecular weight is 269 g/mol. The molecule has 0 aromatic carbocycles.